The number of hydrogen-bond acceptors (Lipinski definition) is 4. The standard InChI is InChI=1S/C19H19BrN2O2/c1-13-18(19(23)24-2)17(12-14-8-10-15(20)11-9-14)22(21-13)16-6-4-3-5-7-16/h3-11,13,21H,12H2,1-2H3. The van der Waals surface area contributed by atoms with Gasteiger partial charge in [-0.3, -0.25) is 5.01 Å². The van der Waals surface area contributed by atoms with Gasteiger partial charge in [0.05, 0.1) is 30.1 Å². The van der Waals surface area contributed by atoms with Crippen molar-refractivity contribution in [1.29, 1.82) is 0 Å². The van der Waals surface area contributed by atoms with Crippen molar-refractivity contribution in [2.24, 2.45) is 0 Å². The lowest BCUT2D eigenvalue weighted by atomic mass is 10.0. The fourth-order valence-corrected chi connectivity index (χ4v) is 3.15. The smallest absolute Gasteiger partial charge is 0.337 e. The molecule has 1 aliphatic rings. The van der Waals surface area contributed by atoms with Gasteiger partial charge >= 0.3 is 5.97 Å². The Morgan fingerprint density at radius 2 is 1.83 bits per heavy atom. The molecule has 0 radical (unpaired) electrons. The molecule has 24 heavy (non-hydrogen) atoms. The third-order valence-electron chi connectivity index (χ3n) is 4.04. The third-order valence-corrected chi connectivity index (χ3v) is 4.57. The summed E-state index contributed by atoms with van der Waals surface area (Å²) in [6, 6.07) is 18.0. The summed E-state index contributed by atoms with van der Waals surface area (Å²) in [5.74, 6) is -0.291. The molecule has 1 N–H and O–H groups in total. The maximum Gasteiger partial charge on any atom is 0.337 e. The average molecular weight is 387 g/mol. The van der Waals surface area contributed by atoms with E-state index >= 15 is 0 Å². The first kappa shape index (κ1) is 16.7. The molecule has 1 unspecified atom stereocenters. The summed E-state index contributed by atoms with van der Waals surface area (Å²) in [7, 11) is 1.42. The van der Waals surface area contributed by atoms with Crippen LogP contribution in [0.2, 0.25) is 0 Å². The van der Waals surface area contributed by atoms with Gasteiger partial charge in [0.15, 0.2) is 0 Å². The number of rotatable bonds is 4. The number of allylic oxidation sites excluding steroid dienone is 1. The summed E-state index contributed by atoms with van der Waals surface area (Å²) < 4.78 is 6.04. The number of nitrogens with zero attached hydrogens (tertiary/aromatic N) is 1. The third kappa shape index (κ3) is 3.37. The fraction of sp³-hybridized carbons (Fsp3) is 0.211. The molecule has 0 amide bonds. The van der Waals surface area contributed by atoms with E-state index in [-0.39, 0.29) is 12.0 Å². The Hall–Kier alpha value is -2.11. The molecule has 0 saturated carbocycles. The van der Waals surface area contributed by atoms with Crippen LogP contribution in [0.1, 0.15) is 12.5 Å². The second kappa shape index (κ2) is 7.20. The molecule has 1 aliphatic heterocycles. The number of esters is 1. The molecule has 1 atom stereocenters. The molecule has 0 aromatic heterocycles. The van der Waals surface area contributed by atoms with Crippen LogP contribution in [-0.2, 0) is 16.0 Å². The quantitative estimate of drug-likeness (QED) is 0.810. The van der Waals surface area contributed by atoms with Gasteiger partial charge < -0.3 is 4.74 Å². The number of benzene rings is 2. The zero-order valence-electron chi connectivity index (χ0n) is 13.6. The van der Waals surface area contributed by atoms with Crippen LogP contribution in [-0.4, -0.2) is 19.1 Å². The summed E-state index contributed by atoms with van der Waals surface area (Å²) in [5, 5.41) is 1.99. The lowest BCUT2D eigenvalue weighted by molar-refractivity contribution is -0.136. The maximum atomic E-state index is 12.3. The van der Waals surface area contributed by atoms with Crippen LogP contribution in [0.25, 0.3) is 0 Å². The van der Waals surface area contributed by atoms with Crippen molar-refractivity contribution in [3.05, 3.63) is 75.9 Å². The number of nitrogens with one attached hydrogen (secondary N) is 1. The molecular weight excluding hydrogens is 368 g/mol. The summed E-state index contributed by atoms with van der Waals surface area (Å²) in [4.78, 5) is 12.3. The predicted octanol–water partition coefficient (Wildman–Crippen LogP) is 3.83. The summed E-state index contributed by atoms with van der Waals surface area (Å²) in [6.07, 6.45) is 0.643. The molecule has 0 spiro atoms. The minimum Gasteiger partial charge on any atom is -0.466 e. The van der Waals surface area contributed by atoms with E-state index < -0.39 is 0 Å². The van der Waals surface area contributed by atoms with Gasteiger partial charge in [-0.05, 0) is 36.8 Å². The Kier molecular flexibility index (Phi) is 5.02. The highest BCUT2D eigenvalue weighted by atomic mass is 79.9. The number of halogens is 1. The van der Waals surface area contributed by atoms with Gasteiger partial charge in [0.25, 0.3) is 0 Å². The van der Waals surface area contributed by atoms with Crippen LogP contribution in [0.15, 0.2) is 70.3 Å². The second-order valence-electron chi connectivity index (χ2n) is 5.68. The van der Waals surface area contributed by atoms with Crippen LogP contribution in [0.5, 0.6) is 0 Å². The molecule has 0 aliphatic carbocycles. The van der Waals surface area contributed by atoms with Crippen molar-refractivity contribution in [3.8, 4) is 0 Å². The molecule has 0 fully saturated rings. The highest BCUT2D eigenvalue weighted by molar-refractivity contribution is 9.10. The monoisotopic (exact) mass is 386 g/mol. The first-order valence-corrected chi connectivity index (χ1v) is 8.56. The Balaban J connectivity index is 2.02. The number of para-hydroxylation sites is 1. The number of hydrazine groups is 1. The number of hydrogen-bond donors (Lipinski definition) is 1. The van der Waals surface area contributed by atoms with Gasteiger partial charge in [-0.15, -0.1) is 0 Å². The van der Waals surface area contributed by atoms with E-state index in [1.807, 2.05) is 54.4 Å². The van der Waals surface area contributed by atoms with E-state index in [0.717, 1.165) is 21.4 Å². The van der Waals surface area contributed by atoms with Gasteiger partial charge in [-0.2, -0.15) is 0 Å². The fourth-order valence-electron chi connectivity index (χ4n) is 2.89. The van der Waals surface area contributed by atoms with Gasteiger partial charge in [0.1, 0.15) is 0 Å². The Morgan fingerprint density at radius 1 is 1.17 bits per heavy atom. The van der Waals surface area contributed by atoms with Crippen LogP contribution < -0.4 is 10.4 Å². The Morgan fingerprint density at radius 3 is 2.46 bits per heavy atom. The summed E-state index contributed by atoms with van der Waals surface area (Å²) >= 11 is 3.45. The maximum absolute atomic E-state index is 12.3. The number of ether oxygens (including phenoxy) is 1. The minimum atomic E-state index is -0.291. The number of methoxy groups -OCH3 is 1. The van der Waals surface area contributed by atoms with Crippen molar-refractivity contribution in [1.82, 2.24) is 5.43 Å². The topological polar surface area (TPSA) is 41.6 Å². The normalized spacial score (nSPS) is 17.3. The summed E-state index contributed by atoms with van der Waals surface area (Å²) in [6.45, 7) is 1.97. The van der Waals surface area contributed by atoms with E-state index in [4.69, 9.17) is 4.74 Å². The minimum absolute atomic E-state index is 0.108. The SMILES string of the molecule is COC(=O)C1=C(Cc2ccc(Br)cc2)N(c2ccccc2)NC1C. The molecule has 5 heteroatoms. The van der Waals surface area contributed by atoms with Gasteiger partial charge in [0, 0.05) is 10.9 Å². The van der Waals surface area contributed by atoms with E-state index in [9.17, 15) is 4.79 Å². The first-order chi connectivity index (χ1) is 11.6. The molecule has 3 rings (SSSR count). The average Bonchev–Trinajstić information content (AvgIpc) is 2.93. The van der Waals surface area contributed by atoms with Crippen molar-refractivity contribution < 1.29 is 9.53 Å². The Bertz CT molecular complexity index is 757. The second-order valence-corrected chi connectivity index (χ2v) is 6.59. The highest BCUT2D eigenvalue weighted by Gasteiger charge is 2.34. The lowest BCUT2D eigenvalue weighted by Crippen LogP contribution is -2.36. The molecule has 0 bridgehead atoms. The zero-order valence-corrected chi connectivity index (χ0v) is 15.2. The summed E-state index contributed by atoms with van der Waals surface area (Å²) in [5.41, 5.74) is 7.08. The predicted molar refractivity (Wildman–Crippen MR) is 98.4 cm³/mol. The number of carbonyl (C=O) groups is 1. The molecule has 2 aromatic rings. The largest absolute Gasteiger partial charge is 0.466 e. The first-order valence-electron chi connectivity index (χ1n) is 7.77. The van der Waals surface area contributed by atoms with E-state index in [1.54, 1.807) is 0 Å². The van der Waals surface area contributed by atoms with E-state index in [2.05, 4.69) is 33.5 Å². The molecule has 1 heterocycles. The lowest BCUT2D eigenvalue weighted by Gasteiger charge is -2.23. The van der Waals surface area contributed by atoms with Crippen LogP contribution >= 0.6 is 15.9 Å². The van der Waals surface area contributed by atoms with E-state index in [0.29, 0.717) is 12.0 Å². The van der Waals surface area contributed by atoms with Crippen LogP contribution in [0.4, 0.5) is 5.69 Å². The zero-order chi connectivity index (χ0) is 17.1. The molecule has 2 aromatic carbocycles. The molecule has 124 valence electrons. The molecule has 0 saturated heterocycles. The van der Waals surface area contributed by atoms with Crippen molar-refractivity contribution in [2.75, 3.05) is 12.1 Å². The molecule has 4 nitrogen and oxygen atoms in total. The van der Waals surface area contributed by atoms with Crippen LogP contribution in [0.3, 0.4) is 0 Å². The number of anilines is 1. The molecular formula is C19H19BrN2O2. The highest BCUT2D eigenvalue weighted by Crippen LogP contribution is 2.30. The van der Waals surface area contributed by atoms with E-state index in [1.165, 1.54) is 7.11 Å². The van der Waals surface area contributed by atoms with Crippen molar-refractivity contribution >= 4 is 27.6 Å². The van der Waals surface area contributed by atoms with Crippen molar-refractivity contribution in [3.63, 3.8) is 0 Å². The Labute approximate surface area is 150 Å². The number of carbonyl (C=O) groups excluding carboxylic acids is 1. The van der Waals surface area contributed by atoms with Crippen LogP contribution in [0, 0.1) is 0 Å². The van der Waals surface area contributed by atoms with Crippen molar-refractivity contribution in [2.45, 2.75) is 19.4 Å². The van der Waals surface area contributed by atoms with Gasteiger partial charge in [-0.1, -0.05) is 46.3 Å². The van der Waals surface area contributed by atoms with Gasteiger partial charge in [0.2, 0.25) is 0 Å². The van der Waals surface area contributed by atoms with Gasteiger partial charge in [-0.25, -0.2) is 10.2 Å².